The Morgan fingerprint density at radius 3 is 2.64 bits per heavy atom. The molecule has 116 valence electrons. The van der Waals surface area contributed by atoms with Crippen LogP contribution in [0.5, 0.6) is 5.75 Å². The number of aryl methyl sites for hydroxylation is 1. The van der Waals surface area contributed by atoms with E-state index < -0.39 is 17.5 Å². The second kappa shape index (κ2) is 6.89. The molecule has 22 heavy (non-hydrogen) atoms. The van der Waals surface area contributed by atoms with E-state index in [1.807, 2.05) is 6.92 Å². The minimum absolute atomic E-state index is 0.0576. The first-order chi connectivity index (χ1) is 10.5. The van der Waals surface area contributed by atoms with Crippen LogP contribution in [-0.4, -0.2) is 19.1 Å². The van der Waals surface area contributed by atoms with Crippen molar-refractivity contribution in [3.8, 4) is 5.75 Å². The quantitative estimate of drug-likeness (QED) is 0.659. The normalized spacial score (nSPS) is 10.3. The number of ether oxygens (including phenoxy) is 1. The highest BCUT2D eigenvalue weighted by Gasteiger charge is 2.09. The average Bonchev–Trinajstić information content (AvgIpc) is 2.49. The number of hydrogen-bond acceptors (Lipinski definition) is 3. The molecule has 0 saturated heterocycles. The van der Waals surface area contributed by atoms with Gasteiger partial charge in [0.05, 0.1) is 6.54 Å². The molecule has 0 aliphatic heterocycles. The topological polar surface area (TPSA) is 64.3 Å². The molecule has 2 aromatic rings. The minimum atomic E-state index is -1.05. The molecule has 0 aromatic heterocycles. The third-order valence-corrected chi connectivity index (χ3v) is 3.08. The van der Waals surface area contributed by atoms with Crippen LogP contribution in [0.1, 0.15) is 15.9 Å². The first kappa shape index (κ1) is 15.8. The predicted molar refractivity (Wildman–Crippen MR) is 79.8 cm³/mol. The second-order valence-corrected chi connectivity index (χ2v) is 4.75. The molecule has 0 radical (unpaired) electrons. The van der Waals surface area contributed by atoms with Gasteiger partial charge in [0, 0.05) is 11.3 Å². The molecule has 0 atom stereocenters. The smallest absolute Gasteiger partial charge is 0.251 e. The molecule has 2 aromatic carbocycles. The van der Waals surface area contributed by atoms with Crippen molar-refractivity contribution < 1.29 is 18.3 Å². The molecule has 0 fully saturated rings. The van der Waals surface area contributed by atoms with E-state index in [4.69, 9.17) is 10.5 Å². The van der Waals surface area contributed by atoms with Gasteiger partial charge >= 0.3 is 0 Å². The highest BCUT2D eigenvalue weighted by atomic mass is 19.2. The van der Waals surface area contributed by atoms with Crippen LogP contribution in [0, 0.1) is 18.6 Å². The van der Waals surface area contributed by atoms with Gasteiger partial charge in [-0.2, -0.15) is 0 Å². The number of rotatable bonds is 5. The molecule has 0 heterocycles. The molecule has 6 heteroatoms. The standard InChI is InChI=1S/C16H16F2N2O2/c1-10-8-12(3-5-15(10)19)22-7-6-20-16(21)11-2-4-13(17)14(18)9-11/h2-5,8-9H,6-7,19H2,1H3,(H,20,21). The summed E-state index contributed by atoms with van der Waals surface area (Å²) in [5.41, 5.74) is 7.34. The van der Waals surface area contributed by atoms with Crippen LogP contribution in [0.2, 0.25) is 0 Å². The van der Waals surface area contributed by atoms with Gasteiger partial charge < -0.3 is 15.8 Å². The van der Waals surface area contributed by atoms with Gasteiger partial charge in [-0.15, -0.1) is 0 Å². The summed E-state index contributed by atoms with van der Waals surface area (Å²) in [7, 11) is 0. The van der Waals surface area contributed by atoms with Crippen LogP contribution in [0.15, 0.2) is 36.4 Å². The van der Waals surface area contributed by atoms with Gasteiger partial charge in [0.15, 0.2) is 11.6 Å². The summed E-state index contributed by atoms with van der Waals surface area (Å²) < 4.78 is 31.3. The van der Waals surface area contributed by atoms with Crippen LogP contribution in [0.3, 0.4) is 0 Å². The van der Waals surface area contributed by atoms with Crippen LogP contribution in [0.25, 0.3) is 0 Å². The molecule has 1 amide bonds. The summed E-state index contributed by atoms with van der Waals surface area (Å²) in [5.74, 6) is -1.88. The molecule has 0 saturated carbocycles. The third kappa shape index (κ3) is 3.94. The lowest BCUT2D eigenvalue weighted by atomic mass is 10.2. The zero-order valence-electron chi connectivity index (χ0n) is 12.0. The minimum Gasteiger partial charge on any atom is -0.492 e. The number of amides is 1. The van der Waals surface area contributed by atoms with E-state index >= 15 is 0 Å². The highest BCUT2D eigenvalue weighted by molar-refractivity contribution is 5.94. The summed E-state index contributed by atoms with van der Waals surface area (Å²) in [4.78, 5) is 11.7. The van der Waals surface area contributed by atoms with Gasteiger partial charge in [-0.3, -0.25) is 4.79 Å². The summed E-state index contributed by atoms with van der Waals surface area (Å²) in [5, 5.41) is 2.56. The summed E-state index contributed by atoms with van der Waals surface area (Å²) in [6.45, 7) is 2.35. The van der Waals surface area contributed by atoms with Crippen molar-refractivity contribution in [2.75, 3.05) is 18.9 Å². The van der Waals surface area contributed by atoms with Crippen molar-refractivity contribution in [3.05, 3.63) is 59.2 Å². The van der Waals surface area contributed by atoms with Crippen molar-refractivity contribution in [3.63, 3.8) is 0 Å². The van der Waals surface area contributed by atoms with Crippen LogP contribution < -0.4 is 15.8 Å². The molecule has 2 rings (SSSR count). The second-order valence-electron chi connectivity index (χ2n) is 4.75. The number of carbonyl (C=O) groups excluding carboxylic acids is 1. The van der Waals surface area contributed by atoms with Crippen LogP contribution in [0.4, 0.5) is 14.5 Å². The SMILES string of the molecule is Cc1cc(OCCNC(=O)c2ccc(F)c(F)c2)ccc1N. The fraction of sp³-hybridized carbons (Fsp3) is 0.188. The van der Waals surface area contributed by atoms with Crippen molar-refractivity contribution >= 4 is 11.6 Å². The molecular formula is C16H16F2N2O2. The van der Waals surface area contributed by atoms with Gasteiger partial charge in [-0.25, -0.2) is 8.78 Å². The molecule has 0 aliphatic carbocycles. The molecule has 0 unspecified atom stereocenters. The molecule has 3 N–H and O–H groups in total. The fourth-order valence-corrected chi connectivity index (χ4v) is 1.81. The zero-order valence-corrected chi connectivity index (χ0v) is 12.0. The van der Waals surface area contributed by atoms with Crippen molar-refractivity contribution in [1.29, 1.82) is 0 Å². The van der Waals surface area contributed by atoms with Gasteiger partial charge in [0.1, 0.15) is 12.4 Å². The Morgan fingerprint density at radius 1 is 1.18 bits per heavy atom. The van der Waals surface area contributed by atoms with E-state index in [0.717, 1.165) is 17.7 Å². The van der Waals surface area contributed by atoms with Crippen LogP contribution >= 0.6 is 0 Å². The van der Waals surface area contributed by atoms with E-state index in [9.17, 15) is 13.6 Å². The lowest BCUT2D eigenvalue weighted by molar-refractivity contribution is 0.0946. The van der Waals surface area contributed by atoms with Gasteiger partial charge in [-0.1, -0.05) is 0 Å². The van der Waals surface area contributed by atoms with Crippen molar-refractivity contribution in [2.45, 2.75) is 6.92 Å². The van der Waals surface area contributed by atoms with Gasteiger partial charge in [0.2, 0.25) is 0 Å². The number of benzene rings is 2. The summed E-state index contributed by atoms with van der Waals surface area (Å²) in [6.07, 6.45) is 0. The average molecular weight is 306 g/mol. The van der Waals surface area contributed by atoms with Crippen LogP contribution in [-0.2, 0) is 0 Å². The molecule has 0 spiro atoms. The lowest BCUT2D eigenvalue weighted by Gasteiger charge is -2.09. The Kier molecular flexibility index (Phi) is 4.93. The number of carbonyl (C=O) groups is 1. The van der Waals surface area contributed by atoms with E-state index in [1.165, 1.54) is 6.07 Å². The number of nitrogen functional groups attached to an aromatic ring is 1. The number of nitrogens with one attached hydrogen (secondary N) is 1. The molecular weight excluding hydrogens is 290 g/mol. The van der Waals surface area contributed by atoms with Crippen molar-refractivity contribution in [2.24, 2.45) is 0 Å². The predicted octanol–water partition coefficient (Wildman–Crippen LogP) is 2.66. The van der Waals surface area contributed by atoms with Gasteiger partial charge in [-0.05, 0) is 48.9 Å². The molecule has 0 aliphatic rings. The number of hydrogen-bond donors (Lipinski definition) is 2. The maximum absolute atomic E-state index is 13.0. The number of halogens is 2. The first-order valence-electron chi connectivity index (χ1n) is 6.69. The Hall–Kier alpha value is -2.63. The fourth-order valence-electron chi connectivity index (χ4n) is 1.81. The molecule has 0 bridgehead atoms. The van der Waals surface area contributed by atoms with Gasteiger partial charge in [0.25, 0.3) is 5.91 Å². The largest absolute Gasteiger partial charge is 0.492 e. The maximum atomic E-state index is 13.0. The van der Waals surface area contributed by atoms with E-state index in [1.54, 1.807) is 18.2 Å². The Balaban J connectivity index is 1.81. The Bertz CT molecular complexity index is 690. The third-order valence-electron chi connectivity index (χ3n) is 3.08. The van der Waals surface area contributed by atoms with E-state index in [0.29, 0.717) is 11.4 Å². The monoisotopic (exact) mass is 306 g/mol. The molecule has 4 nitrogen and oxygen atoms in total. The lowest BCUT2D eigenvalue weighted by Crippen LogP contribution is -2.28. The highest BCUT2D eigenvalue weighted by Crippen LogP contribution is 2.18. The first-order valence-corrected chi connectivity index (χ1v) is 6.69. The number of anilines is 1. The Morgan fingerprint density at radius 2 is 1.95 bits per heavy atom. The zero-order chi connectivity index (χ0) is 16.1. The Labute approximate surface area is 126 Å². The summed E-state index contributed by atoms with van der Waals surface area (Å²) in [6, 6.07) is 8.27. The van der Waals surface area contributed by atoms with E-state index in [2.05, 4.69) is 5.32 Å². The van der Waals surface area contributed by atoms with E-state index in [-0.39, 0.29) is 18.7 Å². The summed E-state index contributed by atoms with van der Waals surface area (Å²) >= 11 is 0. The van der Waals surface area contributed by atoms with Crippen molar-refractivity contribution in [1.82, 2.24) is 5.32 Å². The number of nitrogens with two attached hydrogens (primary N) is 1. The maximum Gasteiger partial charge on any atom is 0.251 e.